The fourth-order valence-corrected chi connectivity index (χ4v) is 4.52. The molecule has 9 nitrogen and oxygen atoms in total. The summed E-state index contributed by atoms with van der Waals surface area (Å²) in [5.41, 5.74) is -1.71. The molecule has 1 saturated heterocycles. The second-order valence-corrected chi connectivity index (χ2v) is 8.48. The SMILES string of the molecule is C[C@H](NCC1CCc2c1n[nH]c(=O)c2C(F)(F)F)C(=O)N1CCN(c2ccc(C#N)cn2)CC1. The summed E-state index contributed by atoms with van der Waals surface area (Å²) in [6, 6.07) is 5.00. The molecule has 2 atom stereocenters. The Bertz CT molecular complexity index is 1150. The van der Waals surface area contributed by atoms with E-state index in [0.717, 1.165) is 5.82 Å². The smallest absolute Gasteiger partial charge is 0.353 e. The molecule has 3 heterocycles. The molecule has 1 amide bonds. The number of H-pyrrole nitrogens is 1. The monoisotopic (exact) mass is 475 g/mol. The first-order chi connectivity index (χ1) is 16.2. The Balaban J connectivity index is 1.32. The summed E-state index contributed by atoms with van der Waals surface area (Å²) >= 11 is 0. The van der Waals surface area contributed by atoms with Gasteiger partial charge in [-0.05, 0) is 37.5 Å². The van der Waals surface area contributed by atoms with Gasteiger partial charge in [0.2, 0.25) is 5.91 Å². The molecule has 0 radical (unpaired) electrons. The molecule has 0 bridgehead atoms. The lowest BCUT2D eigenvalue weighted by atomic mass is 10.1. The first-order valence-corrected chi connectivity index (χ1v) is 11.0. The van der Waals surface area contributed by atoms with Crippen LogP contribution in [0.3, 0.4) is 0 Å². The van der Waals surface area contributed by atoms with Gasteiger partial charge in [0.25, 0.3) is 5.56 Å². The van der Waals surface area contributed by atoms with Crippen LogP contribution in [0, 0.1) is 11.3 Å². The van der Waals surface area contributed by atoms with Crippen LogP contribution < -0.4 is 15.8 Å². The molecule has 12 heteroatoms. The number of halogens is 3. The number of anilines is 1. The Kier molecular flexibility index (Phi) is 6.56. The number of alkyl halides is 3. The minimum Gasteiger partial charge on any atom is -0.353 e. The van der Waals surface area contributed by atoms with Crippen LogP contribution in [0.15, 0.2) is 23.1 Å². The molecule has 0 aromatic carbocycles. The van der Waals surface area contributed by atoms with E-state index in [1.807, 2.05) is 16.1 Å². The van der Waals surface area contributed by atoms with Crippen LogP contribution in [0.25, 0.3) is 0 Å². The van der Waals surface area contributed by atoms with Crippen LogP contribution in [0.1, 0.15) is 41.6 Å². The van der Waals surface area contributed by atoms with E-state index >= 15 is 0 Å². The standard InChI is InChI=1S/C22H24F3N7O2/c1-13(21(34)32-8-6-31(7-9-32)17-5-2-14(10-26)11-28-17)27-12-15-3-4-16-18(22(23,24)25)20(33)30-29-19(15)16/h2,5,11,13,15,27H,3-4,6-9,12H2,1H3,(H,30,33)/t13-,15?/m0/s1. The third-order valence-corrected chi connectivity index (χ3v) is 6.36. The zero-order valence-corrected chi connectivity index (χ0v) is 18.5. The highest BCUT2D eigenvalue weighted by atomic mass is 19.4. The number of carbonyl (C=O) groups excluding carboxylic acids is 1. The number of fused-ring (bicyclic) bond motifs is 1. The van der Waals surface area contributed by atoms with Crippen molar-refractivity contribution in [1.29, 1.82) is 5.26 Å². The Labute approximate surface area is 193 Å². The summed E-state index contributed by atoms with van der Waals surface area (Å²) < 4.78 is 39.9. The highest BCUT2D eigenvalue weighted by molar-refractivity contribution is 5.81. The summed E-state index contributed by atoms with van der Waals surface area (Å²) in [6.45, 7) is 4.24. The largest absolute Gasteiger partial charge is 0.422 e. The van der Waals surface area contributed by atoms with E-state index < -0.39 is 23.3 Å². The van der Waals surface area contributed by atoms with Gasteiger partial charge in [-0.1, -0.05) is 0 Å². The van der Waals surface area contributed by atoms with Crippen LogP contribution in [0.2, 0.25) is 0 Å². The fourth-order valence-electron chi connectivity index (χ4n) is 4.52. The summed E-state index contributed by atoms with van der Waals surface area (Å²) in [6.07, 6.45) is -2.67. The first-order valence-electron chi connectivity index (χ1n) is 11.0. The number of nitrogens with zero attached hydrogens (tertiary/aromatic N) is 5. The number of pyridine rings is 1. The minimum absolute atomic E-state index is 0.0467. The van der Waals surface area contributed by atoms with Crippen molar-refractivity contribution in [3.05, 3.63) is 51.1 Å². The van der Waals surface area contributed by atoms with Gasteiger partial charge < -0.3 is 15.1 Å². The molecular weight excluding hydrogens is 451 g/mol. The van der Waals surface area contributed by atoms with Gasteiger partial charge >= 0.3 is 6.18 Å². The lowest BCUT2D eigenvalue weighted by Crippen LogP contribution is -2.54. The fraction of sp³-hybridized carbons (Fsp3) is 0.500. The Morgan fingerprint density at radius 2 is 2.06 bits per heavy atom. The second-order valence-electron chi connectivity index (χ2n) is 8.48. The number of hydrogen-bond acceptors (Lipinski definition) is 7. The predicted octanol–water partition coefficient (Wildman–Crippen LogP) is 1.41. The van der Waals surface area contributed by atoms with E-state index in [0.29, 0.717) is 38.2 Å². The number of amides is 1. The quantitative estimate of drug-likeness (QED) is 0.671. The van der Waals surface area contributed by atoms with E-state index in [4.69, 9.17) is 5.26 Å². The highest BCUT2D eigenvalue weighted by Crippen LogP contribution is 2.38. The number of aromatic nitrogens is 3. The third kappa shape index (κ3) is 4.75. The normalized spacial score (nSPS) is 19.0. The Morgan fingerprint density at radius 3 is 2.68 bits per heavy atom. The molecule has 4 rings (SSSR count). The van der Waals surface area contributed by atoms with Gasteiger partial charge in [0.1, 0.15) is 17.5 Å². The molecule has 34 heavy (non-hydrogen) atoms. The van der Waals surface area contributed by atoms with E-state index in [9.17, 15) is 22.8 Å². The zero-order valence-electron chi connectivity index (χ0n) is 18.5. The van der Waals surface area contributed by atoms with E-state index in [1.165, 1.54) is 6.20 Å². The summed E-state index contributed by atoms with van der Waals surface area (Å²) in [5, 5.41) is 17.9. The van der Waals surface area contributed by atoms with E-state index in [2.05, 4.69) is 15.4 Å². The second kappa shape index (κ2) is 9.42. The van der Waals surface area contributed by atoms with Gasteiger partial charge in [0.15, 0.2) is 0 Å². The maximum atomic E-state index is 13.3. The molecule has 2 aromatic heterocycles. The number of piperazine rings is 1. The van der Waals surface area contributed by atoms with E-state index in [1.54, 1.807) is 24.0 Å². The minimum atomic E-state index is -4.73. The van der Waals surface area contributed by atoms with E-state index in [-0.39, 0.29) is 36.0 Å². The van der Waals surface area contributed by atoms with Crippen LogP contribution in [0.4, 0.5) is 19.0 Å². The molecule has 1 aliphatic heterocycles. The van der Waals surface area contributed by atoms with Crippen molar-refractivity contribution in [1.82, 2.24) is 25.4 Å². The summed E-state index contributed by atoms with van der Waals surface area (Å²) in [7, 11) is 0. The van der Waals surface area contributed by atoms with Crippen LogP contribution in [-0.2, 0) is 17.4 Å². The van der Waals surface area contributed by atoms with Crippen molar-refractivity contribution in [3.63, 3.8) is 0 Å². The van der Waals surface area contributed by atoms with Gasteiger partial charge in [-0.25, -0.2) is 10.1 Å². The van der Waals surface area contributed by atoms with Crippen molar-refractivity contribution in [3.8, 4) is 6.07 Å². The Hall–Kier alpha value is -3.46. The first kappa shape index (κ1) is 23.7. The molecule has 2 N–H and O–H groups in total. The molecule has 180 valence electrons. The lowest BCUT2D eigenvalue weighted by Gasteiger charge is -2.36. The average Bonchev–Trinajstić information content (AvgIpc) is 3.23. The van der Waals surface area contributed by atoms with Crippen molar-refractivity contribution in [2.24, 2.45) is 0 Å². The molecule has 0 saturated carbocycles. The zero-order chi connectivity index (χ0) is 24.5. The molecule has 1 aliphatic carbocycles. The lowest BCUT2D eigenvalue weighted by molar-refractivity contribution is -0.139. The van der Waals surface area contributed by atoms with Gasteiger partial charge in [-0.2, -0.15) is 23.5 Å². The van der Waals surface area contributed by atoms with Crippen LogP contribution >= 0.6 is 0 Å². The summed E-state index contributed by atoms with van der Waals surface area (Å²) in [5.74, 6) is 0.347. The van der Waals surface area contributed by atoms with Gasteiger partial charge in [0.05, 0.1) is 17.3 Å². The predicted molar refractivity (Wildman–Crippen MR) is 116 cm³/mol. The maximum Gasteiger partial charge on any atom is 0.422 e. The number of hydrogen-bond donors (Lipinski definition) is 2. The van der Waals surface area contributed by atoms with Crippen LogP contribution in [-0.4, -0.2) is 64.8 Å². The number of nitriles is 1. The van der Waals surface area contributed by atoms with Gasteiger partial charge in [0, 0.05) is 44.8 Å². The highest BCUT2D eigenvalue weighted by Gasteiger charge is 2.41. The average molecular weight is 475 g/mol. The maximum absolute atomic E-state index is 13.3. The Morgan fingerprint density at radius 1 is 1.32 bits per heavy atom. The molecule has 1 fully saturated rings. The number of nitrogens with one attached hydrogen (secondary N) is 2. The molecule has 2 aromatic rings. The molecule has 0 spiro atoms. The van der Waals surface area contributed by atoms with Crippen molar-refractivity contribution in [2.45, 2.75) is 37.9 Å². The molecule has 2 aliphatic rings. The van der Waals surface area contributed by atoms with Gasteiger partial charge in [-0.3, -0.25) is 9.59 Å². The number of carbonyl (C=O) groups is 1. The third-order valence-electron chi connectivity index (χ3n) is 6.36. The number of rotatable bonds is 5. The van der Waals surface area contributed by atoms with Gasteiger partial charge in [-0.15, -0.1) is 0 Å². The topological polar surface area (TPSA) is 118 Å². The molecular formula is C22H24F3N7O2. The van der Waals surface area contributed by atoms with Crippen molar-refractivity contribution >= 4 is 11.7 Å². The number of aromatic amines is 1. The van der Waals surface area contributed by atoms with Crippen LogP contribution in [0.5, 0.6) is 0 Å². The van der Waals surface area contributed by atoms with Crippen molar-refractivity contribution < 1.29 is 18.0 Å². The van der Waals surface area contributed by atoms with Crippen molar-refractivity contribution in [2.75, 3.05) is 37.6 Å². The summed E-state index contributed by atoms with van der Waals surface area (Å²) in [4.78, 5) is 32.6. The molecule has 1 unspecified atom stereocenters.